The highest BCUT2D eigenvalue weighted by atomic mass is 19.1. The van der Waals surface area contributed by atoms with E-state index in [1.165, 1.54) is 6.07 Å². The van der Waals surface area contributed by atoms with Crippen molar-refractivity contribution in [3.63, 3.8) is 0 Å². The highest BCUT2D eigenvalue weighted by molar-refractivity contribution is 5.52. The molecule has 0 aliphatic heterocycles. The van der Waals surface area contributed by atoms with Crippen molar-refractivity contribution in [2.24, 2.45) is 5.73 Å². The molecule has 0 unspecified atom stereocenters. The number of rotatable bonds is 0. The highest BCUT2D eigenvalue weighted by Gasteiger charge is 2.25. The van der Waals surface area contributed by atoms with Crippen molar-refractivity contribution < 1.29 is 4.39 Å². The van der Waals surface area contributed by atoms with Gasteiger partial charge in [0.25, 0.3) is 0 Å². The number of benzene rings is 1. The van der Waals surface area contributed by atoms with Gasteiger partial charge in [0.15, 0.2) is 0 Å². The Morgan fingerprint density at radius 1 is 1.64 bits per heavy atom. The zero-order valence-electron chi connectivity index (χ0n) is 7.97. The molecule has 1 aliphatic carbocycles. The lowest BCUT2D eigenvalue weighted by Gasteiger charge is -2.10. The molecule has 0 heterocycles. The van der Waals surface area contributed by atoms with E-state index in [0.717, 1.165) is 24.0 Å². The lowest BCUT2D eigenvalue weighted by molar-refractivity contribution is 0.615. The van der Waals surface area contributed by atoms with Crippen LogP contribution in [0.5, 0.6) is 0 Å². The van der Waals surface area contributed by atoms with Gasteiger partial charge in [0, 0.05) is 11.6 Å². The minimum atomic E-state index is -0.297. The van der Waals surface area contributed by atoms with E-state index >= 15 is 0 Å². The van der Waals surface area contributed by atoms with Gasteiger partial charge in [0.1, 0.15) is 5.82 Å². The summed E-state index contributed by atoms with van der Waals surface area (Å²) in [6, 6.07) is 3.46. The average molecular weight is 190 g/mol. The molecule has 0 aromatic heterocycles. The molecule has 0 radical (unpaired) electrons. The van der Waals surface area contributed by atoms with E-state index in [0.29, 0.717) is 11.1 Å². The molecular weight excluding hydrogens is 179 g/mol. The van der Waals surface area contributed by atoms with Gasteiger partial charge in [-0.3, -0.25) is 0 Å². The van der Waals surface area contributed by atoms with E-state index in [4.69, 9.17) is 11.0 Å². The topological polar surface area (TPSA) is 49.8 Å². The van der Waals surface area contributed by atoms with Crippen LogP contribution in [0.15, 0.2) is 6.07 Å². The molecule has 1 aromatic rings. The second-order valence-corrected chi connectivity index (χ2v) is 3.69. The van der Waals surface area contributed by atoms with Crippen molar-refractivity contribution >= 4 is 0 Å². The normalized spacial score (nSPS) is 19.1. The maximum atomic E-state index is 13.4. The fraction of sp³-hybridized carbons (Fsp3) is 0.364. The van der Waals surface area contributed by atoms with Gasteiger partial charge in [-0.2, -0.15) is 5.26 Å². The molecule has 0 spiro atoms. The van der Waals surface area contributed by atoms with Crippen LogP contribution in [-0.4, -0.2) is 0 Å². The number of nitriles is 1. The first-order chi connectivity index (χ1) is 6.65. The van der Waals surface area contributed by atoms with E-state index < -0.39 is 0 Å². The molecule has 0 saturated carbocycles. The molecule has 3 heteroatoms. The largest absolute Gasteiger partial charge is 0.324 e. The molecule has 1 aromatic carbocycles. The van der Waals surface area contributed by atoms with Crippen molar-refractivity contribution in [1.82, 2.24) is 0 Å². The van der Waals surface area contributed by atoms with Crippen LogP contribution < -0.4 is 5.73 Å². The minimum Gasteiger partial charge on any atom is -0.324 e. The number of nitrogens with zero attached hydrogens (tertiary/aromatic N) is 1. The molecule has 2 N–H and O–H groups in total. The Kier molecular flexibility index (Phi) is 2.01. The predicted octanol–water partition coefficient (Wildman–Crippen LogP) is 1.95. The van der Waals surface area contributed by atoms with Crippen molar-refractivity contribution in [3.05, 3.63) is 34.1 Å². The van der Waals surface area contributed by atoms with Crippen molar-refractivity contribution in [1.29, 1.82) is 5.26 Å². The lowest BCUT2D eigenvalue weighted by Crippen LogP contribution is -2.09. The summed E-state index contributed by atoms with van der Waals surface area (Å²) < 4.78 is 13.4. The van der Waals surface area contributed by atoms with E-state index in [1.807, 2.05) is 6.07 Å². The van der Waals surface area contributed by atoms with E-state index in [9.17, 15) is 4.39 Å². The summed E-state index contributed by atoms with van der Waals surface area (Å²) in [5, 5.41) is 8.95. The van der Waals surface area contributed by atoms with Crippen LogP contribution in [-0.2, 0) is 6.42 Å². The molecule has 1 atom stereocenters. The van der Waals surface area contributed by atoms with Crippen LogP contribution in [0.2, 0.25) is 0 Å². The first kappa shape index (κ1) is 9.17. The molecule has 0 amide bonds. The molecule has 14 heavy (non-hydrogen) atoms. The third kappa shape index (κ3) is 1.11. The highest BCUT2D eigenvalue weighted by Crippen LogP contribution is 2.34. The summed E-state index contributed by atoms with van der Waals surface area (Å²) in [5.41, 5.74) is 8.48. The number of aryl methyl sites for hydroxylation is 1. The van der Waals surface area contributed by atoms with Gasteiger partial charge in [0.05, 0.1) is 11.6 Å². The second kappa shape index (κ2) is 3.07. The number of nitrogens with two attached hydrogens (primary N) is 1. The molecular formula is C11H11FN2. The summed E-state index contributed by atoms with van der Waals surface area (Å²) >= 11 is 0. The van der Waals surface area contributed by atoms with Crippen LogP contribution in [0.25, 0.3) is 0 Å². The Labute approximate surface area is 82.1 Å². The quantitative estimate of drug-likeness (QED) is 0.679. The Morgan fingerprint density at radius 3 is 3.00 bits per heavy atom. The molecule has 1 aliphatic rings. The third-order valence-electron chi connectivity index (χ3n) is 2.86. The van der Waals surface area contributed by atoms with Crippen LogP contribution in [0.1, 0.15) is 34.7 Å². The summed E-state index contributed by atoms with van der Waals surface area (Å²) in [6.07, 6.45) is 1.59. The standard InChI is InChI=1S/C11H11FN2/c1-6-8(5-13)11-7(4-9(6)12)2-3-10(11)14/h4,10H,2-3,14H2,1H3/t10-/m0/s1. The van der Waals surface area contributed by atoms with Gasteiger partial charge < -0.3 is 5.73 Å². The first-order valence-corrected chi connectivity index (χ1v) is 4.62. The molecule has 0 fully saturated rings. The molecule has 72 valence electrons. The fourth-order valence-corrected chi connectivity index (χ4v) is 2.05. The Hall–Kier alpha value is -1.40. The average Bonchev–Trinajstić information content (AvgIpc) is 2.50. The van der Waals surface area contributed by atoms with Gasteiger partial charge in [0.2, 0.25) is 0 Å². The summed E-state index contributed by atoms with van der Waals surface area (Å²) in [5.74, 6) is -0.297. The number of fused-ring (bicyclic) bond motifs is 1. The maximum Gasteiger partial charge on any atom is 0.127 e. The molecule has 0 bridgehead atoms. The summed E-state index contributed by atoms with van der Waals surface area (Å²) in [7, 11) is 0. The second-order valence-electron chi connectivity index (χ2n) is 3.69. The third-order valence-corrected chi connectivity index (χ3v) is 2.86. The fourth-order valence-electron chi connectivity index (χ4n) is 2.05. The van der Waals surface area contributed by atoms with E-state index in [2.05, 4.69) is 0 Å². The van der Waals surface area contributed by atoms with Crippen LogP contribution in [0.4, 0.5) is 4.39 Å². The molecule has 2 rings (SSSR count). The zero-order valence-corrected chi connectivity index (χ0v) is 7.97. The van der Waals surface area contributed by atoms with Gasteiger partial charge in [-0.05, 0) is 37.0 Å². The first-order valence-electron chi connectivity index (χ1n) is 4.62. The number of halogens is 1. The number of hydrogen-bond donors (Lipinski definition) is 1. The van der Waals surface area contributed by atoms with Gasteiger partial charge >= 0.3 is 0 Å². The molecule has 2 nitrogen and oxygen atoms in total. The van der Waals surface area contributed by atoms with Crippen LogP contribution >= 0.6 is 0 Å². The Bertz CT molecular complexity index is 432. The molecule has 0 saturated heterocycles. The smallest absolute Gasteiger partial charge is 0.127 e. The van der Waals surface area contributed by atoms with Gasteiger partial charge in [-0.15, -0.1) is 0 Å². The summed E-state index contributed by atoms with van der Waals surface area (Å²) in [6.45, 7) is 1.62. The Balaban J connectivity index is 2.75. The maximum absolute atomic E-state index is 13.4. The Morgan fingerprint density at radius 2 is 2.36 bits per heavy atom. The van der Waals surface area contributed by atoms with Crippen molar-refractivity contribution in [2.45, 2.75) is 25.8 Å². The van der Waals surface area contributed by atoms with Crippen molar-refractivity contribution in [2.75, 3.05) is 0 Å². The SMILES string of the molecule is Cc1c(F)cc2c(c1C#N)[C@@H](N)CC2. The monoisotopic (exact) mass is 190 g/mol. The predicted molar refractivity (Wildman–Crippen MR) is 51.1 cm³/mol. The van der Waals surface area contributed by atoms with Gasteiger partial charge in [-0.25, -0.2) is 4.39 Å². The van der Waals surface area contributed by atoms with Gasteiger partial charge in [-0.1, -0.05) is 0 Å². The zero-order chi connectivity index (χ0) is 10.3. The van der Waals surface area contributed by atoms with Crippen molar-refractivity contribution in [3.8, 4) is 6.07 Å². The number of hydrogen-bond acceptors (Lipinski definition) is 2. The van der Waals surface area contributed by atoms with E-state index in [1.54, 1.807) is 6.92 Å². The van der Waals surface area contributed by atoms with Crippen LogP contribution in [0, 0.1) is 24.1 Å². The summed E-state index contributed by atoms with van der Waals surface area (Å²) in [4.78, 5) is 0. The van der Waals surface area contributed by atoms with E-state index in [-0.39, 0.29) is 11.9 Å². The van der Waals surface area contributed by atoms with Crippen LogP contribution in [0.3, 0.4) is 0 Å². The lowest BCUT2D eigenvalue weighted by atomic mass is 9.97. The minimum absolute atomic E-state index is 0.0982.